The van der Waals surface area contributed by atoms with Gasteiger partial charge < -0.3 is 19.6 Å². The molecule has 0 aliphatic rings. The first-order valence-corrected chi connectivity index (χ1v) is 7.16. The maximum absolute atomic E-state index is 11.8. The molecule has 0 aliphatic carbocycles. The van der Waals surface area contributed by atoms with Gasteiger partial charge in [-0.1, -0.05) is 18.2 Å². The van der Waals surface area contributed by atoms with E-state index < -0.39 is 5.60 Å². The van der Waals surface area contributed by atoms with Gasteiger partial charge in [-0.15, -0.1) is 0 Å². The van der Waals surface area contributed by atoms with Gasteiger partial charge in [-0.05, 0) is 37.6 Å². The fraction of sp³-hybridized carbons (Fsp3) is 0.353. The number of furan rings is 1. The Morgan fingerprint density at radius 2 is 2.09 bits per heavy atom. The SMILES string of the molecule is Cc1ccccc1OCC(=O)NCC(C)(O)Cc1ccco1. The molecule has 0 spiro atoms. The summed E-state index contributed by atoms with van der Waals surface area (Å²) in [5.74, 6) is 1.08. The number of para-hydroxylation sites is 1. The Kier molecular flexibility index (Phi) is 5.22. The number of hydrogen-bond acceptors (Lipinski definition) is 4. The zero-order valence-corrected chi connectivity index (χ0v) is 12.8. The molecule has 1 amide bonds. The molecule has 118 valence electrons. The number of carbonyl (C=O) groups excluding carboxylic acids is 1. The standard InChI is InChI=1S/C17H21NO4/c1-13-6-3-4-8-15(13)22-11-16(19)18-12-17(2,20)10-14-7-5-9-21-14/h3-9,20H,10-12H2,1-2H3,(H,18,19). The van der Waals surface area contributed by atoms with Crippen LogP contribution < -0.4 is 10.1 Å². The van der Waals surface area contributed by atoms with Crippen LogP contribution in [0.1, 0.15) is 18.2 Å². The summed E-state index contributed by atoms with van der Waals surface area (Å²) in [7, 11) is 0. The lowest BCUT2D eigenvalue weighted by Gasteiger charge is -2.22. The van der Waals surface area contributed by atoms with Crippen molar-refractivity contribution in [3.8, 4) is 5.75 Å². The molecule has 5 nitrogen and oxygen atoms in total. The summed E-state index contributed by atoms with van der Waals surface area (Å²) in [5, 5.41) is 12.9. The monoisotopic (exact) mass is 303 g/mol. The van der Waals surface area contributed by atoms with Crippen molar-refractivity contribution >= 4 is 5.91 Å². The van der Waals surface area contributed by atoms with Gasteiger partial charge in [-0.25, -0.2) is 0 Å². The van der Waals surface area contributed by atoms with Crippen LogP contribution in [0.15, 0.2) is 47.1 Å². The van der Waals surface area contributed by atoms with E-state index in [9.17, 15) is 9.90 Å². The number of rotatable bonds is 7. The molecule has 1 heterocycles. The van der Waals surface area contributed by atoms with Crippen molar-refractivity contribution in [3.05, 3.63) is 54.0 Å². The summed E-state index contributed by atoms with van der Waals surface area (Å²) < 4.78 is 10.7. The topological polar surface area (TPSA) is 71.7 Å². The molecule has 0 radical (unpaired) electrons. The van der Waals surface area contributed by atoms with Gasteiger partial charge in [0.1, 0.15) is 11.5 Å². The van der Waals surface area contributed by atoms with Gasteiger partial charge in [-0.2, -0.15) is 0 Å². The van der Waals surface area contributed by atoms with Crippen LogP contribution in [0.25, 0.3) is 0 Å². The first-order valence-electron chi connectivity index (χ1n) is 7.16. The summed E-state index contributed by atoms with van der Waals surface area (Å²) >= 11 is 0. The summed E-state index contributed by atoms with van der Waals surface area (Å²) in [6.07, 6.45) is 1.89. The van der Waals surface area contributed by atoms with Crippen molar-refractivity contribution in [2.45, 2.75) is 25.9 Å². The maximum atomic E-state index is 11.8. The average Bonchev–Trinajstić information content (AvgIpc) is 2.96. The van der Waals surface area contributed by atoms with Crippen LogP contribution in [0.3, 0.4) is 0 Å². The molecule has 0 fully saturated rings. The van der Waals surface area contributed by atoms with Crippen molar-refractivity contribution in [3.63, 3.8) is 0 Å². The van der Waals surface area contributed by atoms with Crippen LogP contribution in [0.4, 0.5) is 0 Å². The number of nitrogens with one attached hydrogen (secondary N) is 1. The second kappa shape index (κ2) is 7.13. The zero-order chi connectivity index (χ0) is 16.0. The molecule has 0 saturated carbocycles. The third kappa shape index (κ3) is 4.93. The third-order valence-electron chi connectivity index (χ3n) is 3.25. The minimum Gasteiger partial charge on any atom is -0.484 e. The molecule has 2 N–H and O–H groups in total. The van der Waals surface area contributed by atoms with Gasteiger partial charge in [0.05, 0.1) is 11.9 Å². The highest BCUT2D eigenvalue weighted by Gasteiger charge is 2.23. The highest BCUT2D eigenvalue weighted by Crippen LogP contribution is 2.16. The predicted octanol–water partition coefficient (Wildman–Crippen LogP) is 2.08. The summed E-state index contributed by atoms with van der Waals surface area (Å²) in [6.45, 7) is 3.62. The summed E-state index contributed by atoms with van der Waals surface area (Å²) in [4.78, 5) is 11.8. The summed E-state index contributed by atoms with van der Waals surface area (Å²) in [6, 6.07) is 11.1. The van der Waals surface area contributed by atoms with E-state index in [-0.39, 0.29) is 19.1 Å². The maximum Gasteiger partial charge on any atom is 0.258 e. The highest BCUT2D eigenvalue weighted by molar-refractivity contribution is 5.77. The van der Waals surface area contributed by atoms with Crippen molar-refractivity contribution in [2.75, 3.05) is 13.2 Å². The Labute approximate surface area is 129 Å². The third-order valence-corrected chi connectivity index (χ3v) is 3.25. The molecule has 1 aromatic carbocycles. The molecule has 2 aromatic rings. The Morgan fingerprint density at radius 3 is 2.77 bits per heavy atom. The Hall–Kier alpha value is -2.27. The second-order valence-electron chi connectivity index (χ2n) is 5.58. The average molecular weight is 303 g/mol. The lowest BCUT2D eigenvalue weighted by molar-refractivity contribution is -0.124. The largest absolute Gasteiger partial charge is 0.484 e. The molecule has 2 rings (SSSR count). The molecule has 0 aliphatic heterocycles. The first-order chi connectivity index (χ1) is 10.5. The Morgan fingerprint density at radius 1 is 1.32 bits per heavy atom. The smallest absolute Gasteiger partial charge is 0.258 e. The van der Waals surface area contributed by atoms with Gasteiger partial charge >= 0.3 is 0 Å². The zero-order valence-electron chi connectivity index (χ0n) is 12.8. The van der Waals surface area contributed by atoms with E-state index in [1.54, 1.807) is 25.3 Å². The number of aryl methyl sites for hydroxylation is 1. The number of hydrogen-bond donors (Lipinski definition) is 2. The Bertz CT molecular complexity index is 605. The van der Waals surface area contributed by atoms with Crippen molar-refractivity contribution < 1.29 is 19.1 Å². The molecular weight excluding hydrogens is 282 g/mol. The van der Waals surface area contributed by atoms with Crippen molar-refractivity contribution in [1.82, 2.24) is 5.32 Å². The van der Waals surface area contributed by atoms with E-state index in [1.807, 2.05) is 31.2 Å². The van der Waals surface area contributed by atoms with E-state index in [0.29, 0.717) is 17.9 Å². The summed E-state index contributed by atoms with van der Waals surface area (Å²) in [5.41, 5.74) is -0.101. The van der Waals surface area contributed by atoms with Crippen molar-refractivity contribution in [2.24, 2.45) is 0 Å². The molecule has 22 heavy (non-hydrogen) atoms. The minimum atomic E-state index is -1.07. The van der Waals surface area contributed by atoms with Gasteiger partial charge in [0.15, 0.2) is 6.61 Å². The number of benzene rings is 1. The number of amides is 1. The van der Waals surface area contributed by atoms with E-state index in [4.69, 9.17) is 9.15 Å². The fourth-order valence-electron chi connectivity index (χ4n) is 2.05. The molecule has 1 atom stereocenters. The molecule has 0 bridgehead atoms. The van der Waals surface area contributed by atoms with E-state index in [0.717, 1.165) is 5.56 Å². The van der Waals surface area contributed by atoms with Gasteiger partial charge in [0, 0.05) is 13.0 Å². The lowest BCUT2D eigenvalue weighted by Crippen LogP contribution is -2.43. The molecule has 5 heteroatoms. The van der Waals surface area contributed by atoms with E-state index in [2.05, 4.69) is 5.32 Å². The molecule has 1 aromatic heterocycles. The predicted molar refractivity (Wildman–Crippen MR) is 82.7 cm³/mol. The second-order valence-corrected chi connectivity index (χ2v) is 5.58. The van der Waals surface area contributed by atoms with E-state index in [1.165, 1.54) is 0 Å². The molecule has 0 saturated heterocycles. The minimum absolute atomic E-state index is 0.0817. The van der Waals surface area contributed by atoms with Crippen LogP contribution in [0.5, 0.6) is 5.75 Å². The number of ether oxygens (including phenoxy) is 1. The Balaban J connectivity index is 1.76. The van der Waals surface area contributed by atoms with Crippen LogP contribution in [-0.2, 0) is 11.2 Å². The normalized spacial score (nSPS) is 13.4. The fourth-order valence-corrected chi connectivity index (χ4v) is 2.05. The van der Waals surface area contributed by atoms with Crippen LogP contribution in [0.2, 0.25) is 0 Å². The van der Waals surface area contributed by atoms with Crippen LogP contribution in [0, 0.1) is 6.92 Å². The van der Waals surface area contributed by atoms with Gasteiger partial charge in [0.2, 0.25) is 0 Å². The quantitative estimate of drug-likeness (QED) is 0.821. The van der Waals surface area contributed by atoms with Crippen LogP contribution >= 0.6 is 0 Å². The molecular formula is C17H21NO4. The molecule has 1 unspecified atom stereocenters. The number of aliphatic hydroxyl groups is 1. The van der Waals surface area contributed by atoms with Crippen LogP contribution in [-0.4, -0.2) is 29.8 Å². The van der Waals surface area contributed by atoms with Gasteiger partial charge in [0.25, 0.3) is 5.91 Å². The highest BCUT2D eigenvalue weighted by atomic mass is 16.5. The van der Waals surface area contributed by atoms with E-state index >= 15 is 0 Å². The first kappa shape index (κ1) is 16.1. The number of carbonyl (C=O) groups is 1. The van der Waals surface area contributed by atoms with Crippen molar-refractivity contribution in [1.29, 1.82) is 0 Å². The van der Waals surface area contributed by atoms with Gasteiger partial charge in [-0.3, -0.25) is 4.79 Å². The lowest BCUT2D eigenvalue weighted by atomic mass is 10.0.